The summed E-state index contributed by atoms with van der Waals surface area (Å²) in [6.07, 6.45) is -0.106. The van der Waals surface area contributed by atoms with E-state index in [0.717, 1.165) is 37.6 Å². The maximum Gasteiger partial charge on any atom is 0.243 e. The number of hydrogen-bond donors (Lipinski definition) is 2. The summed E-state index contributed by atoms with van der Waals surface area (Å²) in [5.41, 5.74) is 1.71. The van der Waals surface area contributed by atoms with Crippen molar-refractivity contribution in [3.05, 3.63) is 53.6 Å². The molecule has 4 rings (SSSR count). The first-order valence-electron chi connectivity index (χ1n) is 11.7. The average molecular weight is 500 g/mol. The van der Waals surface area contributed by atoms with Crippen molar-refractivity contribution in [3.8, 4) is 5.75 Å². The van der Waals surface area contributed by atoms with E-state index in [1.165, 1.54) is 4.90 Å². The molecule has 9 nitrogen and oxygen atoms in total. The molecular formula is C25H30ClN5O4. The van der Waals surface area contributed by atoms with Crippen LogP contribution in [0.5, 0.6) is 5.75 Å². The lowest BCUT2D eigenvalue weighted by Crippen LogP contribution is -2.60. The molecule has 0 unspecified atom stereocenters. The first-order chi connectivity index (χ1) is 16.9. The van der Waals surface area contributed by atoms with E-state index in [4.69, 9.17) is 16.3 Å². The highest BCUT2D eigenvalue weighted by Gasteiger charge is 2.35. The molecule has 2 aliphatic heterocycles. The van der Waals surface area contributed by atoms with Crippen molar-refractivity contribution in [1.29, 1.82) is 0 Å². The van der Waals surface area contributed by atoms with Gasteiger partial charge in [0.25, 0.3) is 0 Å². The van der Waals surface area contributed by atoms with Crippen molar-refractivity contribution in [2.75, 3.05) is 63.1 Å². The molecule has 186 valence electrons. The van der Waals surface area contributed by atoms with Crippen molar-refractivity contribution in [3.63, 3.8) is 0 Å². The van der Waals surface area contributed by atoms with Gasteiger partial charge in [-0.3, -0.25) is 19.3 Å². The molecule has 2 heterocycles. The summed E-state index contributed by atoms with van der Waals surface area (Å²) >= 11 is 5.89. The molecule has 0 aromatic heterocycles. The van der Waals surface area contributed by atoms with Crippen LogP contribution in [-0.2, 0) is 14.4 Å². The quantitative estimate of drug-likeness (QED) is 0.603. The molecule has 2 aliphatic rings. The fourth-order valence-corrected chi connectivity index (χ4v) is 4.50. The zero-order valence-electron chi connectivity index (χ0n) is 19.7. The van der Waals surface area contributed by atoms with Crippen molar-refractivity contribution in [2.45, 2.75) is 12.5 Å². The van der Waals surface area contributed by atoms with Gasteiger partial charge < -0.3 is 25.2 Å². The molecule has 2 aromatic carbocycles. The van der Waals surface area contributed by atoms with Gasteiger partial charge in [-0.1, -0.05) is 11.6 Å². The monoisotopic (exact) mass is 499 g/mol. The third-order valence-corrected chi connectivity index (χ3v) is 6.58. The molecule has 0 bridgehead atoms. The van der Waals surface area contributed by atoms with Gasteiger partial charge in [0.15, 0.2) is 0 Å². The Morgan fingerprint density at radius 1 is 1.03 bits per heavy atom. The second kappa shape index (κ2) is 11.4. The number of methoxy groups -OCH3 is 1. The topological polar surface area (TPSA) is 94.2 Å². The summed E-state index contributed by atoms with van der Waals surface area (Å²) in [5, 5.41) is 6.10. The van der Waals surface area contributed by atoms with Crippen LogP contribution in [0.1, 0.15) is 6.42 Å². The molecule has 0 radical (unpaired) electrons. The number of carbonyl (C=O) groups is 3. The van der Waals surface area contributed by atoms with Crippen LogP contribution in [0.2, 0.25) is 5.02 Å². The van der Waals surface area contributed by atoms with Crippen molar-refractivity contribution in [2.24, 2.45) is 0 Å². The summed E-state index contributed by atoms with van der Waals surface area (Å²) in [5.74, 6) is 0.0439. The highest BCUT2D eigenvalue weighted by molar-refractivity contribution is 6.30. The Labute approximate surface area is 210 Å². The van der Waals surface area contributed by atoms with Gasteiger partial charge in [0, 0.05) is 55.7 Å². The van der Waals surface area contributed by atoms with Crippen LogP contribution >= 0.6 is 11.6 Å². The second-order valence-corrected chi connectivity index (χ2v) is 9.05. The van der Waals surface area contributed by atoms with Gasteiger partial charge in [0.2, 0.25) is 17.7 Å². The average Bonchev–Trinajstić information content (AvgIpc) is 2.87. The number of amides is 3. The molecule has 2 aromatic rings. The number of nitrogens with one attached hydrogen (secondary N) is 2. The van der Waals surface area contributed by atoms with Crippen LogP contribution in [0.15, 0.2) is 48.5 Å². The molecule has 0 spiro atoms. The van der Waals surface area contributed by atoms with Gasteiger partial charge in [-0.25, -0.2) is 0 Å². The summed E-state index contributed by atoms with van der Waals surface area (Å²) < 4.78 is 5.22. The normalized spacial score (nSPS) is 18.7. The van der Waals surface area contributed by atoms with Crippen LogP contribution in [0, 0.1) is 0 Å². The molecule has 2 saturated heterocycles. The number of nitrogens with zero attached hydrogens (tertiary/aromatic N) is 3. The van der Waals surface area contributed by atoms with Gasteiger partial charge in [0.05, 0.1) is 20.1 Å². The molecule has 35 heavy (non-hydrogen) atoms. The van der Waals surface area contributed by atoms with E-state index in [2.05, 4.69) is 20.4 Å². The number of benzene rings is 2. The van der Waals surface area contributed by atoms with Crippen LogP contribution in [-0.4, -0.2) is 86.5 Å². The lowest BCUT2D eigenvalue weighted by Gasteiger charge is -2.39. The van der Waals surface area contributed by atoms with Gasteiger partial charge in [-0.2, -0.15) is 0 Å². The van der Waals surface area contributed by atoms with Crippen molar-refractivity contribution < 1.29 is 19.1 Å². The lowest BCUT2D eigenvalue weighted by atomic mass is 10.1. The molecule has 0 aliphatic carbocycles. The van der Waals surface area contributed by atoms with Crippen LogP contribution in [0.25, 0.3) is 0 Å². The number of anilines is 2. The SMILES string of the molecule is COc1ccc(N2CCN(CC(=O)N3CCNC(=O)[C@@H]3CC(=O)Nc3ccc(Cl)cc3)CC2)cc1. The zero-order valence-corrected chi connectivity index (χ0v) is 20.5. The molecule has 0 saturated carbocycles. The van der Waals surface area contributed by atoms with E-state index in [1.54, 1.807) is 31.4 Å². The number of halogens is 1. The fourth-order valence-electron chi connectivity index (χ4n) is 4.38. The Bertz CT molecular complexity index is 1040. The van der Waals surface area contributed by atoms with Crippen LogP contribution in [0.4, 0.5) is 11.4 Å². The summed E-state index contributed by atoms with van der Waals surface area (Å²) in [7, 11) is 1.65. The van der Waals surface area contributed by atoms with E-state index in [9.17, 15) is 14.4 Å². The molecule has 2 fully saturated rings. The van der Waals surface area contributed by atoms with E-state index < -0.39 is 6.04 Å². The number of hydrogen-bond acceptors (Lipinski definition) is 6. The van der Waals surface area contributed by atoms with E-state index in [1.807, 2.05) is 24.3 Å². The van der Waals surface area contributed by atoms with Crippen molar-refractivity contribution in [1.82, 2.24) is 15.1 Å². The van der Waals surface area contributed by atoms with Gasteiger partial charge >= 0.3 is 0 Å². The highest BCUT2D eigenvalue weighted by atomic mass is 35.5. The predicted molar refractivity (Wildman–Crippen MR) is 135 cm³/mol. The number of rotatable bonds is 7. The summed E-state index contributed by atoms with van der Waals surface area (Å²) in [6.45, 7) is 4.05. The minimum atomic E-state index is -0.830. The molecule has 10 heteroatoms. The Hall–Kier alpha value is -3.30. The van der Waals surface area contributed by atoms with Gasteiger partial charge in [-0.15, -0.1) is 0 Å². The first-order valence-corrected chi connectivity index (χ1v) is 12.0. The lowest BCUT2D eigenvalue weighted by molar-refractivity contribution is -0.145. The maximum absolute atomic E-state index is 13.2. The third kappa shape index (κ3) is 6.43. The predicted octanol–water partition coefficient (Wildman–Crippen LogP) is 1.83. The first kappa shape index (κ1) is 24.8. The molecule has 1 atom stereocenters. The number of carbonyl (C=O) groups excluding carboxylic acids is 3. The molecule has 3 amide bonds. The summed E-state index contributed by atoms with van der Waals surface area (Å²) in [6, 6.07) is 13.8. The van der Waals surface area contributed by atoms with Gasteiger partial charge in [-0.05, 0) is 48.5 Å². The number of piperazine rings is 2. The van der Waals surface area contributed by atoms with Crippen LogP contribution in [0.3, 0.4) is 0 Å². The van der Waals surface area contributed by atoms with Crippen molar-refractivity contribution >= 4 is 40.7 Å². The summed E-state index contributed by atoms with van der Waals surface area (Å²) in [4.78, 5) is 44.2. The maximum atomic E-state index is 13.2. The highest BCUT2D eigenvalue weighted by Crippen LogP contribution is 2.21. The smallest absolute Gasteiger partial charge is 0.243 e. The van der Waals surface area contributed by atoms with E-state index in [-0.39, 0.29) is 30.7 Å². The van der Waals surface area contributed by atoms with Gasteiger partial charge in [0.1, 0.15) is 11.8 Å². The minimum Gasteiger partial charge on any atom is -0.497 e. The van der Waals surface area contributed by atoms with E-state index >= 15 is 0 Å². The Morgan fingerprint density at radius 2 is 1.71 bits per heavy atom. The Balaban J connectivity index is 1.31. The minimum absolute atomic E-state index is 0.106. The zero-order chi connectivity index (χ0) is 24.8. The third-order valence-electron chi connectivity index (χ3n) is 6.33. The second-order valence-electron chi connectivity index (χ2n) is 8.61. The molecule has 2 N–H and O–H groups in total. The van der Waals surface area contributed by atoms with E-state index in [0.29, 0.717) is 23.8 Å². The Kier molecular flexibility index (Phi) is 8.09. The molecular weight excluding hydrogens is 470 g/mol. The Morgan fingerprint density at radius 3 is 2.37 bits per heavy atom. The number of ether oxygens (including phenoxy) is 1. The van der Waals surface area contributed by atoms with Crippen LogP contribution < -0.4 is 20.3 Å². The standard InChI is InChI=1S/C25H30ClN5O4/c1-35-21-8-6-20(7-9-21)30-14-12-29(13-15-30)17-24(33)31-11-10-27-25(34)22(31)16-23(32)28-19-4-2-18(26)3-5-19/h2-9,22H,10-17H2,1H3,(H,27,34)(H,28,32)/t22-/m0/s1. The largest absolute Gasteiger partial charge is 0.497 e. The fraction of sp³-hybridized carbons (Fsp3) is 0.400.